The summed E-state index contributed by atoms with van der Waals surface area (Å²) in [5, 5.41) is 4.75. The van der Waals surface area contributed by atoms with Crippen LogP contribution >= 0.6 is 23.2 Å². The number of nitrogen functional groups attached to an aromatic ring is 1. The Labute approximate surface area is 84.3 Å². The molecule has 0 unspecified atom stereocenters. The van der Waals surface area contributed by atoms with Crippen molar-refractivity contribution in [1.82, 2.24) is 14.6 Å². The summed E-state index contributed by atoms with van der Waals surface area (Å²) in [5.74, 6) is 0.460. The van der Waals surface area contributed by atoms with Crippen LogP contribution in [0.4, 0.5) is 5.82 Å². The van der Waals surface area contributed by atoms with Crippen molar-refractivity contribution in [2.75, 3.05) is 5.73 Å². The van der Waals surface area contributed by atoms with Gasteiger partial charge >= 0.3 is 0 Å². The lowest BCUT2D eigenvalue weighted by molar-refractivity contribution is 0.942. The highest BCUT2D eigenvalue weighted by Crippen LogP contribution is 2.24. The standard InChI is InChI=1S/C7H6Cl2N4/c1-3-5(9)12-7-4(8)2-11-13(7)6(3)10/h2H,10H2,1H3. The monoisotopic (exact) mass is 216 g/mol. The van der Waals surface area contributed by atoms with Gasteiger partial charge in [-0.2, -0.15) is 9.61 Å². The summed E-state index contributed by atoms with van der Waals surface area (Å²) >= 11 is 11.6. The van der Waals surface area contributed by atoms with E-state index in [2.05, 4.69) is 10.1 Å². The molecule has 0 atom stereocenters. The molecule has 2 rings (SSSR count). The van der Waals surface area contributed by atoms with Gasteiger partial charge in [0.05, 0.1) is 6.20 Å². The molecule has 0 fully saturated rings. The van der Waals surface area contributed by atoms with Crippen molar-refractivity contribution < 1.29 is 0 Å². The van der Waals surface area contributed by atoms with Gasteiger partial charge in [0.1, 0.15) is 16.0 Å². The largest absolute Gasteiger partial charge is 0.383 e. The molecule has 0 saturated carbocycles. The fourth-order valence-corrected chi connectivity index (χ4v) is 1.38. The number of hydrogen-bond donors (Lipinski definition) is 1. The van der Waals surface area contributed by atoms with Crippen LogP contribution in [0, 0.1) is 6.92 Å². The van der Waals surface area contributed by atoms with Crippen LogP contribution in [0.1, 0.15) is 5.56 Å². The third kappa shape index (κ3) is 1.14. The third-order valence-corrected chi connectivity index (χ3v) is 2.46. The molecular formula is C7H6Cl2N4. The Morgan fingerprint density at radius 3 is 2.85 bits per heavy atom. The van der Waals surface area contributed by atoms with Gasteiger partial charge in [-0.15, -0.1) is 0 Å². The maximum atomic E-state index is 5.83. The summed E-state index contributed by atoms with van der Waals surface area (Å²) in [6.07, 6.45) is 1.48. The van der Waals surface area contributed by atoms with Gasteiger partial charge in [-0.1, -0.05) is 23.2 Å². The van der Waals surface area contributed by atoms with E-state index in [1.807, 2.05) is 0 Å². The molecule has 0 aromatic carbocycles. The lowest BCUT2D eigenvalue weighted by Gasteiger charge is -2.03. The molecule has 2 N–H and O–H groups in total. The second kappa shape index (κ2) is 2.75. The SMILES string of the molecule is Cc1c(Cl)nc2c(Cl)cnn2c1N. The number of hydrogen-bond acceptors (Lipinski definition) is 3. The van der Waals surface area contributed by atoms with E-state index < -0.39 is 0 Å². The van der Waals surface area contributed by atoms with Gasteiger partial charge in [-0.3, -0.25) is 0 Å². The molecule has 0 radical (unpaired) electrons. The van der Waals surface area contributed by atoms with Gasteiger partial charge in [0, 0.05) is 5.56 Å². The lowest BCUT2D eigenvalue weighted by atomic mass is 10.3. The zero-order valence-corrected chi connectivity index (χ0v) is 8.26. The van der Waals surface area contributed by atoms with Gasteiger partial charge in [0.25, 0.3) is 0 Å². The summed E-state index contributed by atoms with van der Waals surface area (Å²) in [6, 6.07) is 0. The Morgan fingerprint density at radius 2 is 2.15 bits per heavy atom. The van der Waals surface area contributed by atoms with Gasteiger partial charge in [0.2, 0.25) is 0 Å². The first-order valence-electron chi connectivity index (χ1n) is 3.56. The Balaban J connectivity index is 2.96. The molecule has 0 amide bonds. The Kier molecular flexibility index (Phi) is 1.82. The van der Waals surface area contributed by atoms with Gasteiger partial charge in [-0.25, -0.2) is 4.98 Å². The second-order valence-corrected chi connectivity index (χ2v) is 3.41. The van der Waals surface area contributed by atoms with Crippen LogP contribution in [-0.2, 0) is 0 Å². The fourth-order valence-electron chi connectivity index (χ4n) is 1.04. The average molecular weight is 217 g/mol. The number of nitrogens with two attached hydrogens (primary N) is 1. The zero-order chi connectivity index (χ0) is 9.59. The maximum absolute atomic E-state index is 5.83. The van der Waals surface area contributed by atoms with Crippen LogP contribution in [-0.4, -0.2) is 14.6 Å². The van der Waals surface area contributed by atoms with Crippen LogP contribution in [0.25, 0.3) is 5.65 Å². The summed E-state index contributed by atoms with van der Waals surface area (Å²) in [7, 11) is 0. The van der Waals surface area contributed by atoms with E-state index in [0.717, 1.165) is 0 Å². The van der Waals surface area contributed by atoms with Crippen molar-refractivity contribution in [2.45, 2.75) is 6.92 Å². The van der Waals surface area contributed by atoms with E-state index in [-0.39, 0.29) is 0 Å². The summed E-state index contributed by atoms with van der Waals surface area (Å²) < 4.78 is 1.46. The summed E-state index contributed by atoms with van der Waals surface area (Å²) in [5.41, 5.74) is 6.93. The molecule has 6 heteroatoms. The fraction of sp³-hybridized carbons (Fsp3) is 0.143. The quantitative estimate of drug-likeness (QED) is 0.686. The summed E-state index contributed by atoms with van der Waals surface area (Å²) in [4.78, 5) is 4.05. The van der Waals surface area contributed by atoms with Crippen molar-refractivity contribution >= 4 is 34.7 Å². The molecule has 2 aromatic rings. The van der Waals surface area contributed by atoms with Crippen LogP contribution in [0.2, 0.25) is 10.2 Å². The number of rotatable bonds is 0. The van der Waals surface area contributed by atoms with E-state index in [4.69, 9.17) is 28.9 Å². The maximum Gasteiger partial charge on any atom is 0.177 e. The van der Waals surface area contributed by atoms with Crippen LogP contribution in [0.5, 0.6) is 0 Å². The number of anilines is 1. The van der Waals surface area contributed by atoms with E-state index in [0.29, 0.717) is 27.2 Å². The molecule has 2 heterocycles. The molecule has 2 aromatic heterocycles. The first kappa shape index (κ1) is 8.59. The normalized spacial score (nSPS) is 11.0. The molecule has 0 aliphatic rings. The van der Waals surface area contributed by atoms with Gasteiger partial charge in [0.15, 0.2) is 5.65 Å². The highest BCUT2D eigenvalue weighted by molar-refractivity contribution is 6.34. The van der Waals surface area contributed by atoms with Crippen molar-refractivity contribution in [1.29, 1.82) is 0 Å². The van der Waals surface area contributed by atoms with Crippen molar-refractivity contribution in [2.24, 2.45) is 0 Å². The lowest BCUT2D eigenvalue weighted by Crippen LogP contribution is -2.03. The van der Waals surface area contributed by atoms with Crippen molar-refractivity contribution in [3.63, 3.8) is 0 Å². The Hall–Kier alpha value is -1.00. The molecule has 0 spiro atoms. The van der Waals surface area contributed by atoms with Gasteiger partial charge < -0.3 is 5.73 Å². The minimum atomic E-state index is 0.354. The highest BCUT2D eigenvalue weighted by Gasteiger charge is 2.10. The van der Waals surface area contributed by atoms with Crippen LogP contribution in [0.15, 0.2) is 6.20 Å². The van der Waals surface area contributed by atoms with E-state index in [9.17, 15) is 0 Å². The number of nitrogens with zero attached hydrogens (tertiary/aromatic N) is 3. The number of aromatic nitrogens is 3. The molecule has 0 saturated heterocycles. The second-order valence-electron chi connectivity index (χ2n) is 2.64. The number of halogens is 2. The smallest absolute Gasteiger partial charge is 0.177 e. The van der Waals surface area contributed by atoms with E-state index >= 15 is 0 Å². The molecular weight excluding hydrogens is 211 g/mol. The molecule has 0 aliphatic heterocycles. The first-order valence-corrected chi connectivity index (χ1v) is 4.31. The zero-order valence-electron chi connectivity index (χ0n) is 6.75. The predicted molar refractivity (Wildman–Crippen MR) is 52.2 cm³/mol. The van der Waals surface area contributed by atoms with Crippen molar-refractivity contribution in [3.05, 3.63) is 21.9 Å². The third-order valence-electron chi connectivity index (χ3n) is 1.83. The van der Waals surface area contributed by atoms with Crippen molar-refractivity contribution in [3.8, 4) is 0 Å². The molecule has 0 aliphatic carbocycles. The van der Waals surface area contributed by atoms with Crippen LogP contribution < -0.4 is 5.73 Å². The molecule has 68 valence electrons. The molecule has 13 heavy (non-hydrogen) atoms. The first-order chi connectivity index (χ1) is 6.11. The Bertz CT molecular complexity index is 477. The minimum absolute atomic E-state index is 0.354. The van der Waals surface area contributed by atoms with Crippen LogP contribution in [0.3, 0.4) is 0 Å². The Morgan fingerprint density at radius 1 is 1.46 bits per heavy atom. The minimum Gasteiger partial charge on any atom is -0.383 e. The topological polar surface area (TPSA) is 56.2 Å². The summed E-state index contributed by atoms with van der Waals surface area (Å²) in [6.45, 7) is 1.78. The van der Waals surface area contributed by atoms with Gasteiger partial charge in [-0.05, 0) is 6.92 Å². The van der Waals surface area contributed by atoms with E-state index in [1.165, 1.54) is 10.7 Å². The highest BCUT2D eigenvalue weighted by atomic mass is 35.5. The van der Waals surface area contributed by atoms with E-state index in [1.54, 1.807) is 6.92 Å². The molecule has 4 nitrogen and oxygen atoms in total. The predicted octanol–water partition coefficient (Wildman–Crippen LogP) is 1.93. The molecule has 0 bridgehead atoms. The number of fused-ring (bicyclic) bond motifs is 1. The average Bonchev–Trinajstić information content (AvgIpc) is 2.45.